The van der Waals surface area contributed by atoms with Crippen molar-refractivity contribution < 1.29 is 13.9 Å². The molecule has 196 valence electrons. The van der Waals surface area contributed by atoms with Crippen molar-refractivity contribution >= 4 is 34.1 Å². The van der Waals surface area contributed by atoms with Crippen LogP contribution in [0, 0.1) is 12.7 Å². The Bertz CT molecular complexity index is 1490. The number of likely N-dealkylation sites (tertiary alicyclic amines) is 1. The van der Waals surface area contributed by atoms with Gasteiger partial charge in [0.25, 0.3) is 0 Å². The Labute approximate surface area is 222 Å². The number of para-hydroxylation sites is 1. The highest BCUT2D eigenvalue weighted by atomic mass is 19.1. The average molecular weight is 514 g/mol. The summed E-state index contributed by atoms with van der Waals surface area (Å²) in [5.41, 5.74) is 4.78. The molecule has 1 aliphatic heterocycles. The number of aromatic nitrogens is 2. The molecule has 0 aliphatic carbocycles. The van der Waals surface area contributed by atoms with Gasteiger partial charge in [-0.15, -0.1) is 0 Å². The number of anilines is 3. The van der Waals surface area contributed by atoms with E-state index in [1.165, 1.54) is 12.1 Å². The first-order valence-corrected chi connectivity index (χ1v) is 12.9. The highest BCUT2D eigenvalue weighted by Gasteiger charge is 2.28. The van der Waals surface area contributed by atoms with Crippen LogP contribution in [-0.2, 0) is 4.79 Å². The van der Waals surface area contributed by atoms with Crippen LogP contribution in [0.15, 0.2) is 60.8 Å². The van der Waals surface area contributed by atoms with E-state index >= 15 is 0 Å². The molecule has 2 heterocycles. The summed E-state index contributed by atoms with van der Waals surface area (Å²) >= 11 is 0. The number of benzene rings is 3. The fourth-order valence-corrected chi connectivity index (χ4v) is 4.82. The van der Waals surface area contributed by atoms with E-state index in [9.17, 15) is 9.18 Å². The maximum absolute atomic E-state index is 14.0. The van der Waals surface area contributed by atoms with Crippen LogP contribution in [-0.4, -0.2) is 46.5 Å². The zero-order valence-electron chi connectivity index (χ0n) is 22.1. The number of hydrogen-bond acceptors (Lipinski definition) is 6. The molecule has 2 N–H and O–H groups in total. The molecular formula is C30H32FN5O2. The van der Waals surface area contributed by atoms with E-state index in [0.29, 0.717) is 11.7 Å². The molecule has 0 unspecified atom stereocenters. The van der Waals surface area contributed by atoms with E-state index in [-0.39, 0.29) is 23.9 Å². The molecule has 0 bridgehead atoms. The average Bonchev–Trinajstić information content (AvgIpc) is 3.31. The van der Waals surface area contributed by atoms with E-state index in [1.54, 1.807) is 12.3 Å². The van der Waals surface area contributed by atoms with E-state index in [4.69, 9.17) is 9.72 Å². The number of aryl methyl sites for hydroxylation is 1. The molecule has 4 aromatic rings. The van der Waals surface area contributed by atoms with Crippen LogP contribution in [0.1, 0.15) is 32.3 Å². The number of carbonyl (C=O) groups is 1. The molecule has 5 rings (SSSR count). The van der Waals surface area contributed by atoms with Crippen LogP contribution in [0.25, 0.3) is 22.0 Å². The van der Waals surface area contributed by atoms with Gasteiger partial charge in [-0.2, -0.15) is 0 Å². The number of nitrogens with zero attached hydrogens (tertiary/aromatic N) is 3. The number of halogens is 1. The van der Waals surface area contributed by atoms with Crippen molar-refractivity contribution in [2.24, 2.45) is 0 Å². The molecule has 1 saturated heterocycles. The summed E-state index contributed by atoms with van der Waals surface area (Å²) in [6.07, 6.45) is 3.54. The normalized spacial score (nSPS) is 15.7. The largest absolute Gasteiger partial charge is 0.490 e. The highest BCUT2D eigenvalue weighted by molar-refractivity contribution is 5.97. The van der Waals surface area contributed by atoms with E-state index < -0.39 is 0 Å². The second-order valence-electron chi connectivity index (χ2n) is 10.0. The van der Waals surface area contributed by atoms with Gasteiger partial charge in [0.15, 0.2) is 0 Å². The first-order chi connectivity index (χ1) is 18.3. The van der Waals surface area contributed by atoms with E-state index in [2.05, 4.69) is 20.5 Å². The standard InChI is InChI=1S/C30H32FN5O2/c1-18(2)38-27-15-21(31)11-13-23(27)24-8-5-7-20-17-32-30(35-28(20)24)33-22-12-10-19(3)25(16-22)34-29(37)26-9-6-14-36(26)4/h5,7-8,10-13,15-18,26H,6,9,14H2,1-4H3,(H,34,37)(H,32,33,35)/t26-/m0/s1. The summed E-state index contributed by atoms with van der Waals surface area (Å²) in [5.74, 6) is 0.529. The number of hydrogen-bond donors (Lipinski definition) is 2. The lowest BCUT2D eigenvalue weighted by molar-refractivity contribution is -0.119. The molecule has 7 nitrogen and oxygen atoms in total. The summed E-state index contributed by atoms with van der Waals surface area (Å²) in [6, 6.07) is 16.0. The monoisotopic (exact) mass is 513 g/mol. The first-order valence-electron chi connectivity index (χ1n) is 12.9. The second kappa shape index (κ2) is 10.8. The number of fused-ring (bicyclic) bond motifs is 1. The fourth-order valence-electron chi connectivity index (χ4n) is 4.82. The summed E-state index contributed by atoms with van der Waals surface area (Å²) in [6.45, 7) is 6.72. The van der Waals surface area contributed by atoms with E-state index in [0.717, 1.165) is 58.4 Å². The lowest BCUT2D eigenvalue weighted by Crippen LogP contribution is -2.37. The maximum Gasteiger partial charge on any atom is 0.241 e. The fraction of sp³-hybridized carbons (Fsp3) is 0.300. The van der Waals surface area contributed by atoms with Gasteiger partial charge in [-0.3, -0.25) is 9.69 Å². The minimum atomic E-state index is -0.358. The quantitative estimate of drug-likeness (QED) is 0.302. The number of carbonyl (C=O) groups excluding carboxylic acids is 1. The zero-order valence-corrected chi connectivity index (χ0v) is 22.1. The van der Waals surface area contributed by atoms with Crippen molar-refractivity contribution in [3.8, 4) is 16.9 Å². The smallest absolute Gasteiger partial charge is 0.241 e. The number of rotatable bonds is 7. The van der Waals surface area contributed by atoms with Crippen molar-refractivity contribution in [2.45, 2.75) is 45.8 Å². The van der Waals surface area contributed by atoms with Crippen LogP contribution in [0.5, 0.6) is 5.75 Å². The first kappa shape index (κ1) is 25.6. The number of nitrogens with one attached hydrogen (secondary N) is 2. The third-order valence-electron chi connectivity index (χ3n) is 6.78. The minimum Gasteiger partial charge on any atom is -0.490 e. The Morgan fingerprint density at radius 3 is 2.74 bits per heavy atom. The van der Waals surface area contributed by atoms with Crippen LogP contribution in [0.3, 0.4) is 0 Å². The summed E-state index contributed by atoms with van der Waals surface area (Å²) in [7, 11) is 1.98. The third kappa shape index (κ3) is 5.45. The van der Waals surface area contributed by atoms with Crippen LogP contribution in [0.2, 0.25) is 0 Å². The van der Waals surface area contributed by atoms with Crippen molar-refractivity contribution in [2.75, 3.05) is 24.2 Å². The number of ether oxygens (including phenoxy) is 1. The van der Waals surface area contributed by atoms with Crippen molar-refractivity contribution in [3.05, 3.63) is 72.2 Å². The van der Waals surface area contributed by atoms with Crippen molar-refractivity contribution in [1.82, 2.24) is 14.9 Å². The van der Waals surface area contributed by atoms with Crippen LogP contribution < -0.4 is 15.4 Å². The Kier molecular flexibility index (Phi) is 7.24. The molecule has 38 heavy (non-hydrogen) atoms. The molecule has 0 spiro atoms. The Morgan fingerprint density at radius 2 is 1.97 bits per heavy atom. The molecule has 1 fully saturated rings. The van der Waals surface area contributed by atoms with Gasteiger partial charge in [0.05, 0.1) is 17.7 Å². The van der Waals surface area contributed by atoms with Crippen LogP contribution in [0.4, 0.5) is 21.7 Å². The van der Waals surface area contributed by atoms with E-state index in [1.807, 2.05) is 64.2 Å². The topological polar surface area (TPSA) is 79.4 Å². The van der Waals surface area contributed by atoms with Crippen molar-refractivity contribution in [1.29, 1.82) is 0 Å². The molecule has 8 heteroatoms. The predicted molar refractivity (Wildman–Crippen MR) is 149 cm³/mol. The van der Waals surface area contributed by atoms with Gasteiger partial charge in [-0.1, -0.05) is 24.3 Å². The minimum absolute atomic E-state index is 0.00978. The summed E-state index contributed by atoms with van der Waals surface area (Å²) in [5, 5.41) is 7.22. The Hall–Kier alpha value is -4.04. The number of amides is 1. The molecule has 0 radical (unpaired) electrons. The van der Waals surface area contributed by atoms with Gasteiger partial charge in [0, 0.05) is 40.2 Å². The molecule has 1 amide bonds. The SMILES string of the molecule is Cc1ccc(Nc2ncc3cccc(-c4ccc(F)cc4OC(C)C)c3n2)cc1NC(=O)[C@@H]1CCCN1C. The molecule has 1 aromatic heterocycles. The zero-order chi connectivity index (χ0) is 26.8. The van der Waals surface area contributed by atoms with Crippen LogP contribution >= 0.6 is 0 Å². The van der Waals surface area contributed by atoms with Gasteiger partial charge in [-0.05, 0) is 77.0 Å². The molecule has 1 atom stereocenters. The van der Waals surface area contributed by atoms with Crippen molar-refractivity contribution in [3.63, 3.8) is 0 Å². The van der Waals surface area contributed by atoms with Gasteiger partial charge < -0.3 is 15.4 Å². The lowest BCUT2D eigenvalue weighted by Gasteiger charge is -2.20. The molecule has 1 aliphatic rings. The van der Waals surface area contributed by atoms with Gasteiger partial charge >= 0.3 is 0 Å². The second-order valence-corrected chi connectivity index (χ2v) is 10.0. The molecule has 0 saturated carbocycles. The maximum atomic E-state index is 14.0. The molecular weight excluding hydrogens is 481 g/mol. The van der Waals surface area contributed by atoms with Gasteiger partial charge in [0.2, 0.25) is 11.9 Å². The number of likely N-dealkylation sites (N-methyl/N-ethyl adjacent to an activating group) is 1. The highest BCUT2D eigenvalue weighted by Crippen LogP contribution is 2.36. The van der Waals surface area contributed by atoms with Gasteiger partial charge in [-0.25, -0.2) is 14.4 Å². The predicted octanol–water partition coefficient (Wildman–Crippen LogP) is 6.31. The lowest BCUT2D eigenvalue weighted by atomic mass is 10.0. The summed E-state index contributed by atoms with van der Waals surface area (Å²) in [4.78, 5) is 24.2. The van der Waals surface area contributed by atoms with Gasteiger partial charge in [0.1, 0.15) is 11.6 Å². The molecule has 3 aromatic carbocycles. The Morgan fingerprint density at radius 1 is 1.13 bits per heavy atom. The summed E-state index contributed by atoms with van der Waals surface area (Å²) < 4.78 is 20.0. The Balaban J connectivity index is 1.45. The third-order valence-corrected chi connectivity index (χ3v) is 6.78.